The van der Waals surface area contributed by atoms with Crippen LogP contribution in [0.3, 0.4) is 0 Å². The monoisotopic (exact) mass is 608 g/mol. The predicted octanol–water partition coefficient (Wildman–Crippen LogP) is 11.3. The molecule has 9 rings (SSSR count). The number of benzene rings is 7. The van der Waals surface area contributed by atoms with E-state index in [1.807, 2.05) is 66.7 Å². The lowest BCUT2D eigenvalue weighted by atomic mass is 9.97. The highest BCUT2D eigenvalue weighted by Gasteiger charge is 2.18. The maximum absolute atomic E-state index is 9.06. The van der Waals surface area contributed by atoms with Crippen LogP contribution >= 0.6 is 0 Å². The van der Waals surface area contributed by atoms with Gasteiger partial charge in [-0.3, -0.25) is 0 Å². The molecule has 0 aliphatic heterocycles. The molecule has 7 aromatic carbocycles. The van der Waals surface area contributed by atoms with Crippen molar-refractivity contribution in [2.24, 2.45) is 0 Å². The molecule has 0 radical (unpaired) electrons. The predicted molar refractivity (Wildman–Crippen MR) is 192 cm³/mol. The van der Waals surface area contributed by atoms with Crippen LogP contribution in [0, 0.1) is 0 Å². The zero-order valence-electron chi connectivity index (χ0n) is 31.8. The van der Waals surface area contributed by atoms with Crippen LogP contribution in [0.15, 0.2) is 168 Å². The fourth-order valence-electron chi connectivity index (χ4n) is 5.92. The van der Waals surface area contributed by atoms with E-state index in [1.165, 1.54) is 10.8 Å². The van der Waals surface area contributed by atoms with Crippen LogP contribution in [0.2, 0.25) is 0 Å². The Hall–Kier alpha value is -6.39. The molecule has 0 spiro atoms. The van der Waals surface area contributed by atoms with Crippen molar-refractivity contribution in [3.63, 3.8) is 0 Å². The molecule has 0 saturated carbocycles. The number of hydrogen-bond acceptors (Lipinski definition) is 4. The SMILES string of the molecule is [2H]c1c([2H])c([2H])c2c(oc3c([2H])c([2H])c([2H])c(-c4nc(-c5ccccc5)nc(-c5cccc(-c6ccc(-c7ccc8ccccc8c7)cc6)c5)n4)c32)c1[2H]. The number of nitrogens with zero attached hydrogens (tertiary/aromatic N) is 3. The number of para-hydroxylation sites is 1. The number of furan rings is 1. The maximum atomic E-state index is 9.06. The highest BCUT2D eigenvalue weighted by atomic mass is 16.3. The number of hydrogen-bond donors (Lipinski definition) is 0. The molecule has 2 aromatic heterocycles. The van der Waals surface area contributed by atoms with Gasteiger partial charge < -0.3 is 4.42 Å². The first-order valence-corrected chi connectivity index (χ1v) is 15.1. The van der Waals surface area contributed by atoms with Crippen molar-refractivity contribution in [2.75, 3.05) is 0 Å². The molecule has 0 saturated heterocycles. The molecule has 2 heterocycles. The highest BCUT2D eigenvalue weighted by Crippen LogP contribution is 2.37. The summed E-state index contributed by atoms with van der Waals surface area (Å²) in [5, 5.41) is 2.43. The van der Waals surface area contributed by atoms with Gasteiger partial charge in [-0.1, -0.05) is 139 Å². The standard InChI is InChI=1S/C43H27N3O/c1-2-11-31(12-3-1)41-44-42(46-43(45-41)37-17-9-19-39-40(37)36-16-6-7-18-38(36)47-39)35-15-8-14-33(27-35)29-20-22-30(23-21-29)34-25-24-28-10-4-5-13-32(28)26-34/h1-27H/i6D,7D,9D,16D,17D,18D,19D. The quantitative estimate of drug-likeness (QED) is 0.195. The largest absolute Gasteiger partial charge is 0.456 e. The van der Waals surface area contributed by atoms with Crippen LogP contribution in [-0.4, -0.2) is 15.0 Å². The van der Waals surface area contributed by atoms with Gasteiger partial charge in [0.25, 0.3) is 0 Å². The first-order chi connectivity index (χ1) is 26.2. The Balaban J connectivity index is 1.21. The number of fused-ring (bicyclic) bond motifs is 4. The summed E-state index contributed by atoms with van der Waals surface area (Å²) >= 11 is 0. The van der Waals surface area contributed by atoms with Crippen LogP contribution in [0.25, 0.3) is 89.1 Å². The molecule has 0 N–H and O–H groups in total. The molecule has 0 bridgehead atoms. The van der Waals surface area contributed by atoms with E-state index < -0.39 is 30.2 Å². The van der Waals surface area contributed by atoms with Gasteiger partial charge in [0, 0.05) is 27.5 Å². The molecule has 0 unspecified atom stereocenters. The van der Waals surface area contributed by atoms with Crippen molar-refractivity contribution < 1.29 is 14.0 Å². The molecular weight excluding hydrogens is 574 g/mol. The smallest absolute Gasteiger partial charge is 0.164 e. The van der Waals surface area contributed by atoms with E-state index in [0.717, 1.165) is 22.3 Å². The van der Waals surface area contributed by atoms with Crippen molar-refractivity contribution in [3.05, 3.63) is 164 Å². The van der Waals surface area contributed by atoms with E-state index in [4.69, 9.17) is 29.0 Å². The molecule has 220 valence electrons. The van der Waals surface area contributed by atoms with Crippen LogP contribution in [-0.2, 0) is 0 Å². The summed E-state index contributed by atoms with van der Waals surface area (Å²) in [5.41, 5.74) is 5.15. The Morgan fingerprint density at radius 3 is 1.87 bits per heavy atom. The Kier molecular flexibility index (Phi) is 4.91. The Morgan fingerprint density at radius 1 is 0.426 bits per heavy atom. The van der Waals surface area contributed by atoms with Gasteiger partial charge in [0.2, 0.25) is 0 Å². The van der Waals surface area contributed by atoms with Crippen molar-refractivity contribution >= 4 is 32.7 Å². The molecule has 9 aromatic rings. The summed E-state index contributed by atoms with van der Waals surface area (Å²) in [6, 6.07) is 37.1. The van der Waals surface area contributed by atoms with Crippen molar-refractivity contribution in [2.45, 2.75) is 0 Å². The van der Waals surface area contributed by atoms with E-state index in [-0.39, 0.29) is 51.2 Å². The summed E-state index contributed by atoms with van der Waals surface area (Å²) in [5.74, 6) is 0.587. The number of aromatic nitrogens is 3. The third-order valence-corrected chi connectivity index (χ3v) is 8.26. The normalized spacial score (nSPS) is 13.5. The first-order valence-electron chi connectivity index (χ1n) is 18.6. The fourth-order valence-corrected chi connectivity index (χ4v) is 5.92. The van der Waals surface area contributed by atoms with Gasteiger partial charge >= 0.3 is 0 Å². The maximum Gasteiger partial charge on any atom is 0.164 e. The lowest BCUT2D eigenvalue weighted by molar-refractivity contribution is 0.669. The molecule has 0 amide bonds. The Labute approximate surface area is 281 Å². The minimum Gasteiger partial charge on any atom is -0.456 e. The molecule has 0 aliphatic rings. The molecule has 4 heteroatoms. The molecule has 0 fully saturated rings. The zero-order valence-corrected chi connectivity index (χ0v) is 24.8. The van der Waals surface area contributed by atoms with Gasteiger partial charge in [0.1, 0.15) is 11.2 Å². The summed E-state index contributed by atoms with van der Waals surface area (Å²) in [6.45, 7) is 0. The van der Waals surface area contributed by atoms with Gasteiger partial charge in [-0.2, -0.15) is 0 Å². The lowest BCUT2D eigenvalue weighted by Crippen LogP contribution is -2.00. The van der Waals surface area contributed by atoms with Gasteiger partial charge in [-0.05, 0) is 57.2 Å². The minimum atomic E-state index is -0.492. The highest BCUT2D eigenvalue weighted by molar-refractivity contribution is 6.11. The van der Waals surface area contributed by atoms with E-state index in [2.05, 4.69) is 54.6 Å². The molecule has 0 aliphatic carbocycles. The summed E-state index contributed by atoms with van der Waals surface area (Å²) in [6.07, 6.45) is 0. The fraction of sp³-hybridized carbons (Fsp3) is 0. The molecule has 47 heavy (non-hydrogen) atoms. The summed E-state index contributed by atoms with van der Waals surface area (Å²) < 4.78 is 66.1. The second-order valence-corrected chi connectivity index (χ2v) is 11.2. The minimum absolute atomic E-state index is 0.00241. The number of rotatable bonds is 5. The van der Waals surface area contributed by atoms with E-state index >= 15 is 0 Å². The third-order valence-electron chi connectivity index (χ3n) is 8.26. The van der Waals surface area contributed by atoms with E-state index in [1.54, 1.807) is 0 Å². The van der Waals surface area contributed by atoms with Gasteiger partial charge in [-0.25, -0.2) is 15.0 Å². The second kappa shape index (κ2) is 11.2. The summed E-state index contributed by atoms with van der Waals surface area (Å²) in [7, 11) is 0. The topological polar surface area (TPSA) is 51.8 Å². The average molecular weight is 609 g/mol. The molecule has 4 nitrogen and oxygen atoms in total. The van der Waals surface area contributed by atoms with E-state index in [9.17, 15) is 0 Å². The van der Waals surface area contributed by atoms with Crippen LogP contribution < -0.4 is 0 Å². The first kappa shape index (κ1) is 20.6. The van der Waals surface area contributed by atoms with E-state index in [0.29, 0.717) is 17.0 Å². The molecular formula is C43H27N3O. The Morgan fingerprint density at radius 2 is 1.04 bits per heavy atom. The van der Waals surface area contributed by atoms with Crippen LogP contribution in [0.1, 0.15) is 9.60 Å². The van der Waals surface area contributed by atoms with Crippen LogP contribution in [0.4, 0.5) is 0 Å². The van der Waals surface area contributed by atoms with Gasteiger partial charge in [0.05, 0.1) is 9.60 Å². The summed E-state index contributed by atoms with van der Waals surface area (Å²) in [4.78, 5) is 14.5. The zero-order chi connectivity index (χ0) is 37.2. The Bertz CT molecular complexity index is 2970. The van der Waals surface area contributed by atoms with Crippen molar-refractivity contribution in [1.29, 1.82) is 0 Å². The second-order valence-electron chi connectivity index (χ2n) is 11.2. The third kappa shape index (κ3) is 4.93. The van der Waals surface area contributed by atoms with Crippen LogP contribution in [0.5, 0.6) is 0 Å². The molecule has 0 atom stereocenters. The van der Waals surface area contributed by atoms with Gasteiger partial charge in [0.15, 0.2) is 17.5 Å². The lowest BCUT2D eigenvalue weighted by Gasteiger charge is -2.11. The van der Waals surface area contributed by atoms with Crippen molar-refractivity contribution in [1.82, 2.24) is 15.0 Å². The van der Waals surface area contributed by atoms with Gasteiger partial charge in [-0.15, -0.1) is 0 Å². The average Bonchev–Trinajstić information content (AvgIpc) is 3.62. The van der Waals surface area contributed by atoms with Crippen molar-refractivity contribution in [3.8, 4) is 56.4 Å².